The molecular formula is C17H17N3O2S. The summed E-state index contributed by atoms with van der Waals surface area (Å²) in [6, 6.07) is 15.7. The van der Waals surface area contributed by atoms with Crippen molar-refractivity contribution in [3.8, 4) is 5.75 Å². The van der Waals surface area contributed by atoms with E-state index in [1.165, 1.54) is 4.70 Å². The number of hydrogen-bond acceptors (Lipinski definition) is 5. The first-order valence-corrected chi connectivity index (χ1v) is 8.05. The van der Waals surface area contributed by atoms with Gasteiger partial charge in [-0.1, -0.05) is 35.6 Å². The zero-order valence-corrected chi connectivity index (χ0v) is 13.5. The fraction of sp³-hybridized carbons (Fsp3) is 0.176. The summed E-state index contributed by atoms with van der Waals surface area (Å²) < 4.78 is 8.67. The van der Waals surface area contributed by atoms with E-state index in [0.717, 1.165) is 15.9 Å². The Kier molecular flexibility index (Phi) is 4.85. The van der Waals surface area contributed by atoms with Gasteiger partial charge in [-0.25, -0.2) is 0 Å². The molecule has 0 aliphatic heterocycles. The van der Waals surface area contributed by atoms with Crippen LogP contribution in [-0.4, -0.2) is 29.1 Å². The Morgan fingerprint density at radius 2 is 1.96 bits per heavy atom. The minimum absolute atomic E-state index is 0.0204. The Balaban J connectivity index is 1.89. The largest absolute Gasteiger partial charge is 0.491 e. The molecular weight excluding hydrogens is 310 g/mol. The number of hydrogen-bond donors (Lipinski definition) is 1. The monoisotopic (exact) mass is 327 g/mol. The summed E-state index contributed by atoms with van der Waals surface area (Å²) >= 11 is 1.60. The van der Waals surface area contributed by atoms with Crippen LogP contribution in [0.4, 0.5) is 0 Å². The van der Waals surface area contributed by atoms with Crippen LogP contribution in [0.1, 0.15) is 5.56 Å². The van der Waals surface area contributed by atoms with Crippen LogP contribution in [0.15, 0.2) is 58.7 Å². The van der Waals surface area contributed by atoms with Gasteiger partial charge < -0.3 is 14.4 Å². The average molecular weight is 327 g/mol. The van der Waals surface area contributed by atoms with E-state index in [-0.39, 0.29) is 13.2 Å². The first kappa shape index (κ1) is 15.5. The van der Waals surface area contributed by atoms with Gasteiger partial charge in [0.15, 0.2) is 0 Å². The summed E-state index contributed by atoms with van der Waals surface area (Å²) in [6.07, 6.45) is 1.66. The molecule has 5 nitrogen and oxygen atoms in total. The lowest BCUT2D eigenvalue weighted by atomic mass is 10.2. The zero-order chi connectivity index (χ0) is 16.1. The molecule has 3 rings (SSSR count). The van der Waals surface area contributed by atoms with E-state index < -0.39 is 0 Å². The van der Waals surface area contributed by atoms with Crippen LogP contribution < -0.4 is 9.54 Å². The number of rotatable bonds is 5. The van der Waals surface area contributed by atoms with Gasteiger partial charge in [0.2, 0.25) is 4.80 Å². The maximum absolute atomic E-state index is 8.86. The topological polar surface area (TPSA) is 59.1 Å². The quantitative estimate of drug-likeness (QED) is 0.578. The molecule has 0 bridgehead atoms. The Morgan fingerprint density at radius 3 is 2.78 bits per heavy atom. The second-order valence-corrected chi connectivity index (χ2v) is 5.87. The molecule has 0 aliphatic rings. The molecule has 3 aromatic rings. The summed E-state index contributed by atoms with van der Waals surface area (Å²) in [6.45, 7) is 0.237. The van der Waals surface area contributed by atoms with E-state index in [4.69, 9.17) is 9.84 Å². The second kappa shape index (κ2) is 7.21. The number of fused-ring (bicyclic) bond motifs is 1. The van der Waals surface area contributed by atoms with E-state index in [9.17, 15) is 0 Å². The number of para-hydroxylation sites is 2. The van der Waals surface area contributed by atoms with Gasteiger partial charge in [-0.2, -0.15) is 5.10 Å². The maximum atomic E-state index is 8.86. The highest BCUT2D eigenvalue weighted by molar-refractivity contribution is 7.16. The summed E-state index contributed by atoms with van der Waals surface area (Å²) in [5.41, 5.74) is 1.96. The Morgan fingerprint density at radius 1 is 1.17 bits per heavy atom. The second-order valence-electron chi connectivity index (χ2n) is 4.87. The van der Waals surface area contributed by atoms with Gasteiger partial charge in [-0.3, -0.25) is 0 Å². The summed E-state index contributed by atoms with van der Waals surface area (Å²) in [5.74, 6) is 0.682. The first-order chi connectivity index (χ1) is 11.3. The van der Waals surface area contributed by atoms with Crippen LogP contribution >= 0.6 is 11.3 Å². The Bertz CT molecular complexity index is 896. The van der Waals surface area contributed by atoms with Gasteiger partial charge in [-0.05, 0) is 24.3 Å². The van der Waals surface area contributed by atoms with Crippen molar-refractivity contribution < 1.29 is 9.84 Å². The van der Waals surface area contributed by atoms with Crippen molar-refractivity contribution in [1.82, 2.24) is 4.57 Å². The predicted molar refractivity (Wildman–Crippen MR) is 93.0 cm³/mol. The smallest absolute Gasteiger partial charge is 0.211 e. The van der Waals surface area contributed by atoms with Crippen molar-refractivity contribution >= 4 is 27.8 Å². The number of benzene rings is 2. The molecule has 0 saturated carbocycles. The van der Waals surface area contributed by atoms with Crippen molar-refractivity contribution in [2.24, 2.45) is 17.3 Å². The molecule has 23 heavy (non-hydrogen) atoms. The number of nitrogens with zero attached hydrogens (tertiary/aromatic N) is 3. The molecule has 1 heterocycles. The molecule has 118 valence electrons. The van der Waals surface area contributed by atoms with Crippen molar-refractivity contribution in [3.05, 3.63) is 58.9 Å². The Hall–Kier alpha value is -2.44. The van der Waals surface area contributed by atoms with Crippen molar-refractivity contribution in [1.29, 1.82) is 0 Å². The Labute approximate surface area is 137 Å². The number of aryl methyl sites for hydroxylation is 1. The van der Waals surface area contributed by atoms with E-state index >= 15 is 0 Å². The molecule has 1 aromatic heterocycles. The van der Waals surface area contributed by atoms with Crippen LogP contribution in [0, 0.1) is 0 Å². The van der Waals surface area contributed by atoms with Crippen LogP contribution in [-0.2, 0) is 7.05 Å². The third-order valence-corrected chi connectivity index (χ3v) is 4.43. The van der Waals surface area contributed by atoms with Crippen molar-refractivity contribution in [2.45, 2.75) is 0 Å². The van der Waals surface area contributed by atoms with Crippen LogP contribution in [0.2, 0.25) is 0 Å². The fourth-order valence-electron chi connectivity index (χ4n) is 2.19. The number of aliphatic hydroxyl groups excluding tert-OH is 1. The highest BCUT2D eigenvalue weighted by Crippen LogP contribution is 2.16. The number of thiazole rings is 1. The number of ether oxygens (including phenoxy) is 1. The molecule has 0 unspecified atom stereocenters. The average Bonchev–Trinajstić information content (AvgIpc) is 2.90. The number of aromatic nitrogens is 1. The maximum Gasteiger partial charge on any atom is 0.211 e. The molecule has 0 saturated heterocycles. The van der Waals surface area contributed by atoms with E-state index in [1.54, 1.807) is 17.6 Å². The van der Waals surface area contributed by atoms with Crippen LogP contribution in [0.25, 0.3) is 10.2 Å². The lowest BCUT2D eigenvalue weighted by molar-refractivity contribution is 0.201. The highest BCUT2D eigenvalue weighted by atomic mass is 32.1. The molecule has 0 fully saturated rings. The zero-order valence-electron chi connectivity index (χ0n) is 12.7. The third kappa shape index (κ3) is 3.49. The van der Waals surface area contributed by atoms with Gasteiger partial charge >= 0.3 is 0 Å². The molecule has 0 amide bonds. The lowest BCUT2D eigenvalue weighted by Gasteiger charge is -2.06. The van der Waals surface area contributed by atoms with Crippen LogP contribution in [0.5, 0.6) is 5.75 Å². The van der Waals surface area contributed by atoms with Gasteiger partial charge in [0, 0.05) is 12.6 Å². The van der Waals surface area contributed by atoms with Gasteiger partial charge in [0.1, 0.15) is 12.4 Å². The van der Waals surface area contributed by atoms with Crippen LogP contribution in [0.3, 0.4) is 0 Å². The lowest BCUT2D eigenvalue weighted by Crippen LogP contribution is -2.09. The fourth-order valence-corrected chi connectivity index (χ4v) is 3.17. The molecule has 0 atom stereocenters. The van der Waals surface area contributed by atoms with Gasteiger partial charge in [0.05, 0.1) is 23.0 Å². The molecule has 6 heteroatoms. The van der Waals surface area contributed by atoms with E-state index in [1.807, 2.05) is 48.0 Å². The third-order valence-electron chi connectivity index (χ3n) is 3.32. The standard InChI is InChI=1S/C17H17N3O2S/c1-20-14-7-3-5-9-16(14)23-17(20)19-18-12-13-6-2-4-8-15(13)22-11-10-21/h2-9,12,21H,10-11H2,1H3/b18-12+,19-17-. The van der Waals surface area contributed by atoms with Crippen molar-refractivity contribution in [2.75, 3.05) is 13.2 Å². The molecule has 0 aliphatic carbocycles. The minimum Gasteiger partial charge on any atom is -0.491 e. The predicted octanol–water partition coefficient (Wildman–Crippen LogP) is 2.55. The summed E-state index contributed by atoms with van der Waals surface area (Å²) in [7, 11) is 1.98. The van der Waals surface area contributed by atoms with Gasteiger partial charge in [0.25, 0.3) is 0 Å². The van der Waals surface area contributed by atoms with Gasteiger partial charge in [-0.15, -0.1) is 5.10 Å². The minimum atomic E-state index is -0.0204. The van der Waals surface area contributed by atoms with Crippen molar-refractivity contribution in [3.63, 3.8) is 0 Å². The first-order valence-electron chi connectivity index (χ1n) is 7.24. The molecule has 1 N–H and O–H groups in total. The van der Waals surface area contributed by atoms with E-state index in [0.29, 0.717) is 5.75 Å². The molecule has 0 spiro atoms. The SMILES string of the molecule is Cn1/c(=N/N=C/c2ccccc2OCCO)sc2ccccc21. The highest BCUT2D eigenvalue weighted by Gasteiger charge is 2.01. The van der Waals surface area contributed by atoms with E-state index in [2.05, 4.69) is 22.3 Å². The molecule has 0 radical (unpaired) electrons. The summed E-state index contributed by atoms with van der Waals surface area (Å²) in [4.78, 5) is 0.830. The number of aliphatic hydroxyl groups is 1. The molecule has 2 aromatic carbocycles. The normalized spacial score (nSPS) is 12.3. The summed E-state index contributed by atoms with van der Waals surface area (Å²) in [5, 5.41) is 17.4.